The number of hydrogen-bond donors (Lipinski definition) is 3. The fourth-order valence-corrected chi connectivity index (χ4v) is 14.7. The lowest BCUT2D eigenvalue weighted by atomic mass is 10.0. The summed E-state index contributed by atoms with van der Waals surface area (Å²) in [7, 11) is 3.02. The molecule has 26 heteroatoms. The normalized spacial score (nSPS) is 13.4. The molecular formula is C77H77Br2N9O13S2. The van der Waals surface area contributed by atoms with E-state index in [2.05, 4.69) is 57.6 Å². The van der Waals surface area contributed by atoms with Gasteiger partial charge in [0, 0.05) is 87.4 Å². The molecule has 0 saturated carbocycles. The standard InChI is InChI=1S/C22H18N4O3S.C20H25BrN2O3S.C19H20O5.C16H14BrN3O2/c27-19(28)11-12-25-14-16(20(24-25)15-7-3-1-4-8-15)13-18-21(29)26(22(30)23-18)17-9-5-2-6-10-17;1-14-18(20(24)23-10-5-4-6-11-23)19(15(2)22(14)3)27(25,26)13-16-8-7-9-17(21)12-16;1-12-7-18(21-3)13(2)6-14(12)8-15(20)10-22-16-4-5-17-19(9-16)24-11-23-17;1-21-14-6-4-11(8-15(14)22-2)20-16-12-7-10(17)3-5-13(12)18-9-19-16/h1-10,13-14H,11-12H2,(H,23,30)(H,27,28);7-9,12H,4-6,10-11,13H2,1-3H3;4-7,9H,8,10-11H2,1-3H3;3-9H,1-2H3,(H,18,19,20)/b18-13+;;;. The minimum Gasteiger partial charge on any atom is -0.496 e. The van der Waals surface area contributed by atoms with Crippen molar-refractivity contribution < 1.29 is 61.1 Å². The first kappa shape index (κ1) is 75.3. The molecule has 2 fully saturated rings. The molecule has 534 valence electrons. The number of halogens is 2. The third kappa shape index (κ3) is 18.8. The highest BCUT2D eigenvalue weighted by Crippen LogP contribution is 2.37. The maximum atomic E-state index is 13.3. The van der Waals surface area contributed by atoms with Gasteiger partial charge in [0.15, 0.2) is 43.7 Å². The third-order valence-corrected chi connectivity index (χ3v) is 20.3. The van der Waals surface area contributed by atoms with E-state index in [0.29, 0.717) is 98.5 Å². The van der Waals surface area contributed by atoms with Gasteiger partial charge in [-0.2, -0.15) is 5.10 Å². The Morgan fingerprint density at radius 2 is 1.46 bits per heavy atom. The molecule has 0 aliphatic carbocycles. The van der Waals surface area contributed by atoms with E-state index >= 15 is 0 Å². The molecule has 2 saturated heterocycles. The minimum atomic E-state index is -3.67. The Morgan fingerprint density at radius 3 is 2.17 bits per heavy atom. The van der Waals surface area contributed by atoms with Crippen LogP contribution in [0.15, 0.2) is 184 Å². The molecule has 3 aliphatic rings. The van der Waals surface area contributed by atoms with Crippen LogP contribution in [0.2, 0.25) is 0 Å². The number of amides is 2. The number of aryl methyl sites for hydroxylation is 3. The number of piperidine rings is 1. The summed E-state index contributed by atoms with van der Waals surface area (Å²) in [6.45, 7) is 9.38. The average Bonchev–Trinajstić information content (AvgIpc) is 1.60. The maximum absolute atomic E-state index is 13.3. The van der Waals surface area contributed by atoms with Gasteiger partial charge in [0.05, 0.1) is 62.5 Å². The Bertz CT molecular complexity index is 4930. The van der Waals surface area contributed by atoms with E-state index in [0.717, 1.165) is 78.6 Å². The Balaban J connectivity index is 0.000000149. The number of ether oxygens (including phenoxy) is 6. The zero-order chi connectivity index (χ0) is 73.5. The number of carboxylic acid groups (broad SMARTS) is 1. The first-order valence-corrected chi connectivity index (χ1v) is 36.4. The maximum Gasteiger partial charge on any atom is 0.305 e. The Labute approximate surface area is 619 Å². The van der Waals surface area contributed by atoms with Gasteiger partial charge in [-0.25, -0.2) is 18.4 Å². The number of benzene rings is 7. The predicted octanol–water partition coefficient (Wildman–Crippen LogP) is 14.7. The highest BCUT2D eigenvalue weighted by atomic mass is 79.9. The molecule has 3 aliphatic heterocycles. The largest absolute Gasteiger partial charge is 0.496 e. The fourth-order valence-electron chi connectivity index (χ4n) is 11.7. The van der Waals surface area contributed by atoms with Gasteiger partial charge in [-0.1, -0.05) is 98.6 Å². The zero-order valence-corrected chi connectivity index (χ0v) is 62.8. The topological polar surface area (TPSA) is 257 Å². The fraction of sp³-hybridized carbons (Fsp3) is 0.247. The van der Waals surface area contributed by atoms with E-state index < -0.39 is 15.8 Å². The van der Waals surface area contributed by atoms with Crippen molar-refractivity contribution in [2.75, 3.05) is 58.0 Å². The number of carboxylic acids is 1. The van der Waals surface area contributed by atoms with Gasteiger partial charge >= 0.3 is 5.97 Å². The van der Waals surface area contributed by atoms with Crippen LogP contribution < -0.4 is 44.0 Å². The summed E-state index contributed by atoms with van der Waals surface area (Å²) in [4.78, 5) is 61.4. The van der Waals surface area contributed by atoms with Crippen molar-refractivity contribution in [2.24, 2.45) is 7.05 Å². The SMILES string of the molecule is COc1cc(C)c(CC(=O)COc2ccc3c(c2)OCO3)cc1C.COc1ccc(Nc2ncnc3ccc(Br)cc23)cc1OC.Cc1c(C(=O)N2CCCCC2)c(S(=O)(=O)Cc2cccc(Br)c2)c(C)n1C.O=C(O)CCn1cc(/C=C2/NC(=S)N(c3ccccc3)C2=O)c(-c2ccccc2)n1. The van der Waals surface area contributed by atoms with Crippen molar-refractivity contribution in [3.63, 3.8) is 0 Å². The van der Waals surface area contributed by atoms with E-state index in [1.165, 1.54) is 4.90 Å². The summed E-state index contributed by atoms with van der Waals surface area (Å²) >= 11 is 12.2. The lowest BCUT2D eigenvalue weighted by molar-refractivity contribution is -0.137. The summed E-state index contributed by atoms with van der Waals surface area (Å²) in [5.74, 6) is 3.40. The van der Waals surface area contributed by atoms with Gasteiger partial charge in [-0.15, -0.1) is 0 Å². The Kier molecular flexibility index (Phi) is 25.2. The quantitative estimate of drug-likeness (QED) is 0.0473. The summed E-state index contributed by atoms with van der Waals surface area (Å²) in [6.07, 6.45) is 8.32. The summed E-state index contributed by atoms with van der Waals surface area (Å²) in [5, 5.41) is 21.0. The monoisotopic (exact) mass is 1560 g/mol. The van der Waals surface area contributed by atoms with Gasteiger partial charge in [0.25, 0.3) is 11.8 Å². The number of fused-ring (bicyclic) bond motifs is 2. The molecule has 0 bridgehead atoms. The zero-order valence-electron chi connectivity index (χ0n) is 58.0. The van der Waals surface area contributed by atoms with Crippen LogP contribution in [0.3, 0.4) is 0 Å². The molecule has 13 rings (SSSR count). The molecule has 7 aromatic carbocycles. The molecular weight excluding hydrogens is 1480 g/mol. The third-order valence-electron chi connectivity index (χ3n) is 17.2. The number of methoxy groups -OCH3 is 3. The average molecular weight is 1560 g/mol. The number of likely N-dealkylation sites (tertiary alicyclic amines) is 1. The molecule has 103 heavy (non-hydrogen) atoms. The van der Waals surface area contributed by atoms with Crippen molar-refractivity contribution in [1.29, 1.82) is 0 Å². The van der Waals surface area contributed by atoms with Crippen LogP contribution in [-0.4, -0.2) is 119 Å². The van der Waals surface area contributed by atoms with E-state index in [1.54, 1.807) is 86.8 Å². The number of carbonyl (C=O) groups is 4. The molecule has 3 N–H and O–H groups in total. The minimum absolute atomic E-state index is 0.0142. The van der Waals surface area contributed by atoms with E-state index in [4.69, 9.17) is 45.7 Å². The van der Waals surface area contributed by atoms with Crippen LogP contribution in [0.5, 0.6) is 34.5 Å². The second kappa shape index (κ2) is 34.5. The van der Waals surface area contributed by atoms with E-state index in [-0.39, 0.29) is 54.6 Å². The van der Waals surface area contributed by atoms with Crippen LogP contribution in [0.1, 0.15) is 75.2 Å². The number of carbonyl (C=O) groups excluding carboxylic acids is 3. The molecule has 10 aromatic rings. The lowest BCUT2D eigenvalue weighted by Crippen LogP contribution is -2.36. The summed E-state index contributed by atoms with van der Waals surface area (Å²) in [6, 6.07) is 46.7. The van der Waals surface area contributed by atoms with Crippen molar-refractivity contribution in [2.45, 2.75) is 77.0 Å². The van der Waals surface area contributed by atoms with E-state index in [1.807, 2.05) is 154 Å². The second-order valence-electron chi connectivity index (χ2n) is 24.2. The number of sulfone groups is 1. The highest BCUT2D eigenvalue weighted by molar-refractivity contribution is 9.10. The molecule has 0 spiro atoms. The Morgan fingerprint density at radius 1 is 0.748 bits per heavy atom. The molecule has 0 atom stereocenters. The molecule has 3 aromatic heterocycles. The molecule has 22 nitrogen and oxygen atoms in total. The number of Topliss-reactive ketones (excluding diaryl/α,β-unsaturated/α-hetero) is 1. The summed E-state index contributed by atoms with van der Waals surface area (Å²) in [5.41, 5.74) is 10.4. The van der Waals surface area contributed by atoms with Crippen LogP contribution in [-0.2, 0) is 50.0 Å². The number of aromatic nitrogens is 5. The summed E-state index contributed by atoms with van der Waals surface area (Å²) < 4.78 is 63.8. The molecule has 6 heterocycles. The number of ketones is 1. The van der Waals surface area contributed by atoms with Crippen LogP contribution in [0.25, 0.3) is 28.2 Å². The van der Waals surface area contributed by atoms with E-state index in [9.17, 15) is 27.6 Å². The number of aliphatic carboxylic acids is 1. The number of para-hydroxylation sites is 1. The lowest BCUT2D eigenvalue weighted by Gasteiger charge is -2.27. The molecule has 0 unspecified atom stereocenters. The first-order chi connectivity index (χ1) is 49.5. The van der Waals surface area contributed by atoms with Crippen molar-refractivity contribution >= 4 is 117 Å². The second-order valence-corrected chi connectivity index (χ2v) is 28.3. The number of nitrogens with one attached hydrogen (secondary N) is 2. The smallest absolute Gasteiger partial charge is 0.305 e. The number of rotatable bonds is 20. The van der Waals surface area contributed by atoms with Gasteiger partial charge in [-0.3, -0.25) is 28.8 Å². The number of nitrogens with zero attached hydrogens (tertiary/aromatic N) is 7. The highest BCUT2D eigenvalue weighted by Gasteiger charge is 2.35. The predicted molar refractivity (Wildman–Crippen MR) is 407 cm³/mol. The van der Waals surface area contributed by atoms with Crippen molar-refractivity contribution in [1.82, 2.24) is 34.5 Å². The van der Waals surface area contributed by atoms with Gasteiger partial charge in [0.2, 0.25) is 6.79 Å². The van der Waals surface area contributed by atoms with Crippen molar-refractivity contribution in [3.8, 4) is 45.8 Å². The molecule has 0 radical (unpaired) electrons. The van der Waals surface area contributed by atoms with Crippen LogP contribution in [0, 0.1) is 27.7 Å². The van der Waals surface area contributed by atoms with Crippen LogP contribution >= 0.6 is 44.1 Å². The number of hydrogen-bond acceptors (Lipinski definition) is 17. The van der Waals surface area contributed by atoms with Gasteiger partial charge < -0.3 is 53.6 Å². The van der Waals surface area contributed by atoms with Crippen molar-refractivity contribution in [3.05, 3.63) is 224 Å². The number of thiocarbonyl (C=S) groups is 1. The van der Waals surface area contributed by atoms with Gasteiger partial charge in [-0.05, 0) is 160 Å². The number of anilines is 3. The first-order valence-electron chi connectivity index (χ1n) is 32.8. The Hall–Kier alpha value is -10.4. The van der Waals surface area contributed by atoms with Gasteiger partial charge in [0.1, 0.15) is 40.8 Å². The molecule has 2 amide bonds. The van der Waals surface area contributed by atoms with Crippen LogP contribution in [0.4, 0.5) is 17.2 Å².